The van der Waals surface area contributed by atoms with E-state index in [1.165, 1.54) is 10.9 Å². The third kappa shape index (κ3) is 2.63. The average Bonchev–Trinajstić information content (AvgIpc) is 2.36. The first kappa shape index (κ1) is 14.5. The quantitative estimate of drug-likeness (QED) is 0.691. The van der Waals surface area contributed by atoms with E-state index < -0.39 is 0 Å². The molecular weight excluding hydrogens is 346 g/mol. The third-order valence-electron chi connectivity index (χ3n) is 3.11. The maximum Gasteiger partial charge on any atom is 0.253 e. The van der Waals surface area contributed by atoms with Gasteiger partial charge in [-0.25, -0.2) is 0 Å². The zero-order chi connectivity index (χ0) is 13.2. The van der Waals surface area contributed by atoms with Gasteiger partial charge in [0.1, 0.15) is 0 Å². The second kappa shape index (κ2) is 5.83. The van der Waals surface area contributed by atoms with Gasteiger partial charge in [-0.1, -0.05) is 11.6 Å². The van der Waals surface area contributed by atoms with Gasteiger partial charge in [-0.3, -0.25) is 4.79 Å². The first-order valence-corrected chi connectivity index (χ1v) is 8.94. The molecule has 2 nitrogen and oxygen atoms in total. The van der Waals surface area contributed by atoms with Crippen LogP contribution in [0, 0.1) is 20.8 Å². The molecule has 0 aliphatic carbocycles. The second-order valence-electron chi connectivity index (χ2n) is 4.13. The number of rotatable bonds is 0. The highest BCUT2D eigenvalue weighted by Crippen LogP contribution is 2.19. The summed E-state index contributed by atoms with van der Waals surface area (Å²) in [5.41, 5.74) is 4.27. The van der Waals surface area contributed by atoms with Crippen molar-refractivity contribution in [1.82, 2.24) is 4.57 Å². The van der Waals surface area contributed by atoms with Crippen LogP contribution in [-0.4, -0.2) is 4.57 Å². The van der Waals surface area contributed by atoms with Gasteiger partial charge in [-0.2, -0.15) is 0 Å². The lowest BCUT2D eigenvalue weighted by atomic mass is 10.0. The largest absolute Gasteiger partial charge is 0.311 e. The highest BCUT2D eigenvalue weighted by atomic mass is 80.9. The summed E-state index contributed by atoms with van der Waals surface area (Å²) in [5, 5.41) is 1.18. The molecule has 0 unspecified atom stereocenters. The van der Waals surface area contributed by atoms with E-state index >= 15 is 0 Å². The summed E-state index contributed by atoms with van der Waals surface area (Å²) in [4.78, 5) is 11.9. The highest BCUT2D eigenvalue weighted by molar-refractivity contribution is 9.93. The average molecular weight is 361 g/mol. The van der Waals surface area contributed by atoms with Crippen LogP contribution >= 0.6 is 28.3 Å². The molecule has 2 rings (SSSR count). The Kier molecular flexibility index (Phi) is 4.95. The molecule has 0 bridgehead atoms. The molecule has 2 aromatic rings. The van der Waals surface area contributed by atoms with Crippen LogP contribution in [0.5, 0.6) is 0 Å². The van der Waals surface area contributed by atoms with E-state index in [0.717, 1.165) is 16.6 Å². The van der Waals surface area contributed by atoms with Gasteiger partial charge >= 0.3 is 0 Å². The number of hydrogen-bond donors (Lipinski definition) is 0. The molecule has 0 radical (unpaired) electrons. The van der Waals surface area contributed by atoms with Crippen molar-refractivity contribution in [2.75, 3.05) is 0 Å². The smallest absolute Gasteiger partial charge is 0.253 e. The summed E-state index contributed by atoms with van der Waals surface area (Å²) in [6.45, 7) is 5.97. The number of halogens is 2. The van der Waals surface area contributed by atoms with Crippen molar-refractivity contribution >= 4 is 39.2 Å². The minimum atomic E-state index is 0.101. The number of hydrogen-bond acceptors (Lipinski definition) is 1. The van der Waals surface area contributed by atoms with Crippen LogP contribution in [0.2, 0.25) is 0 Å². The molecule has 1 aromatic heterocycles. The Morgan fingerprint density at radius 2 is 1.65 bits per heavy atom. The highest BCUT2D eigenvalue weighted by Gasteiger charge is 2.07. The van der Waals surface area contributed by atoms with Crippen LogP contribution < -0.4 is 5.56 Å². The summed E-state index contributed by atoms with van der Waals surface area (Å²) >= 11 is 5.50. The molecule has 0 saturated heterocycles. The van der Waals surface area contributed by atoms with Crippen LogP contribution in [-0.2, 0) is 7.05 Å². The minimum absolute atomic E-state index is 0.101. The number of pyridine rings is 1. The van der Waals surface area contributed by atoms with Crippen molar-refractivity contribution in [2.24, 2.45) is 7.05 Å². The van der Waals surface area contributed by atoms with E-state index in [0.29, 0.717) is 0 Å². The molecule has 0 atom stereocenters. The summed E-state index contributed by atoms with van der Waals surface area (Å²) in [6, 6.07) is 6.19. The van der Waals surface area contributed by atoms with E-state index in [-0.39, 0.29) is 5.56 Å². The fourth-order valence-corrected chi connectivity index (χ4v) is 1.97. The van der Waals surface area contributed by atoms with E-state index in [2.05, 4.69) is 41.2 Å². The standard InChI is InChI=1S/C13H15NO.Br2/c1-8-5-6-12-11(7-8)9(2)10(3)13(15)14(12)4;1-2/h5-7H,1-4H3;. The second-order valence-corrected chi connectivity index (χ2v) is 4.13. The number of aryl methyl sites for hydroxylation is 3. The van der Waals surface area contributed by atoms with Gasteiger partial charge in [0.25, 0.3) is 5.56 Å². The molecule has 1 aromatic carbocycles. The maximum atomic E-state index is 11.9. The fourth-order valence-electron chi connectivity index (χ4n) is 1.97. The molecule has 17 heavy (non-hydrogen) atoms. The molecule has 4 heteroatoms. The Morgan fingerprint density at radius 3 is 2.24 bits per heavy atom. The lowest BCUT2D eigenvalue weighted by Gasteiger charge is -2.10. The Balaban J connectivity index is 0.000000686. The minimum Gasteiger partial charge on any atom is -0.311 e. The van der Waals surface area contributed by atoms with Gasteiger partial charge in [0, 0.05) is 46.3 Å². The molecule has 0 N–H and O–H groups in total. The normalized spacial score (nSPS) is 10.0. The molecule has 1 heterocycles. The van der Waals surface area contributed by atoms with Crippen LogP contribution in [0.4, 0.5) is 0 Å². The van der Waals surface area contributed by atoms with E-state index in [1.54, 1.807) is 4.57 Å². The van der Waals surface area contributed by atoms with Gasteiger partial charge in [-0.05, 0) is 38.5 Å². The Morgan fingerprint density at radius 1 is 1.06 bits per heavy atom. The summed E-state index contributed by atoms with van der Waals surface area (Å²) in [6.07, 6.45) is 0. The van der Waals surface area contributed by atoms with Gasteiger partial charge in [0.15, 0.2) is 0 Å². The number of fused-ring (bicyclic) bond motifs is 1. The first-order chi connectivity index (χ1) is 8.02. The Bertz CT molecular complexity index is 602. The predicted octanol–water partition coefficient (Wildman–Crippen LogP) is 4.15. The van der Waals surface area contributed by atoms with Crippen LogP contribution in [0.1, 0.15) is 16.7 Å². The Labute approximate surface area is 116 Å². The predicted molar refractivity (Wildman–Crippen MR) is 81.3 cm³/mol. The SMILES string of the molecule is BrBr.Cc1ccc2c(c1)c(C)c(C)c(=O)n2C. The summed E-state index contributed by atoms with van der Waals surface area (Å²) in [7, 11) is 1.83. The van der Waals surface area contributed by atoms with Crippen LogP contribution in [0.3, 0.4) is 0 Å². The lowest BCUT2D eigenvalue weighted by Crippen LogP contribution is -2.20. The van der Waals surface area contributed by atoms with Gasteiger partial charge in [0.2, 0.25) is 0 Å². The van der Waals surface area contributed by atoms with Crippen molar-refractivity contribution in [3.8, 4) is 0 Å². The molecule has 92 valence electrons. The number of nitrogens with zero attached hydrogens (tertiary/aromatic N) is 1. The van der Waals surface area contributed by atoms with E-state index in [4.69, 9.17) is 0 Å². The third-order valence-corrected chi connectivity index (χ3v) is 3.11. The van der Waals surface area contributed by atoms with Gasteiger partial charge < -0.3 is 4.57 Å². The first-order valence-electron chi connectivity index (χ1n) is 5.23. The molecule has 0 saturated carbocycles. The topological polar surface area (TPSA) is 22.0 Å². The molecular formula is C13H15Br2NO. The monoisotopic (exact) mass is 359 g/mol. The maximum absolute atomic E-state index is 11.9. The zero-order valence-corrected chi connectivity index (χ0v) is 13.5. The molecule has 0 aliphatic heterocycles. The molecule has 0 aliphatic rings. The zero-order valence-electron chi connectivity index (χ0n) is 10.3. The number of benzene rings is 1. The van der Waals surface area contributed by atoms with Gasteiger partial charge in [0.05, 0.1) is 5.52 Å². The van der Waals surface area contributed by atoms with E-state index in [1.807, 2.05) is 33.0 Å². The molecule has 0 fully saturated rings. The molecule has 0 spiro atoms. The van der Waals surface area contributed by atoms with Crippen molar-refractivity contribution in [1.29, 1.82) is 0 Å². The summed E-state index contributed by atoms with van der Waals surface area (Å²) < 4.78 is 1.72. The van der Waals surface area contributed by atoms with Crippen LogP contribution in [0.15, 0.2) is 23.0 Å². The van der Waals surface area contributed by atoms with E-state index in [9.17, 15) is 4.79 Å². The van der Waals surface area contributed by atoms with Gasteiger partial charge in [-0.15, -0.1) is 0 Å². The van der Waals surface area contributed by atoms with Crippen molar-refractivity contribution in [3.05, 3.63) is 45.2 Å². The number of aromatic nitrogens is 1. The lowest BCUT2D eigenvalue weighted by molar-refractivity contribution is 0.888. The van der Waals surface area contributed by atoms with Crippen molar-refractivity contribution in [2.45, 2.75) is 20.8 Å². The van der Waals surface area contributed by atoms with Crippen LogP contribution in [0.25, 0.3) is 10.9 Å². The summed E-state index contributed by atoms with van der Waals surface area (Å²) in [5.74, 6) is 0. The molecule has 0 amide bonds. The van der Waals surface area contributed by atoms with Crippen molar-refractivity contribution < 1.29 is 0 Å². The fraction of sp³-hybridized carbons (Fsp3) is 0.308. The Hall–Kier alpha value is -0.610. The van der Waals surface area contributed by atoms with Crippen molar-refractivity contribution in [3.63, 3.8) is 0 Å².